The largest absolute Gasteiger partial charge is 0.260 e. The summed E-state index contributed by atoms with van der Waals surface area (Å²) in [6, 6.07) is 3.84. The minimum atomic E-state index is 0.759. The summed E-state index contributed by atoms with van der Waals surface area (Å²) in [6.45, 7) is 0. The molecule has 0 saturated carbocycles. The Balaban J connectivity index is 2.29. The van der Waals surface area contributed by atoms with Crippen molar-refractivity contribution in [2.45, 2.75) is 0 Å². The van der Waals surface area contributed by atoms with Gasteiger partial charge in [0.15, 0.2) is 5.65 Å². The molecule has 3 rings (SSSR count). The second kappa shape index (κ2) is 3.64. The molecule has 0 unspecified atom stereocenters. The molecule has 78 valence electrons. The second-order valence-corrected chi connectivity index (χ2v) is 4.17. The van der Waals surface area contributed by atoms with Gasteiger partial charge in [-0.05, 0) is 28.1 Å². The first-order valence-electron chi connectivity index (χ1n) is 4.61. The molecule has 0 fully saturated rings. The van der Waals surface area contributed by atoms with E-state index >= 15 is 0 Å². The zero-order chi connectivity index (χ0) is 11.0. The van der Waals surface area contributed by atoms with E-state index < -0.39 is 0 Å². The number of nitrogens with zero attached hydrogens (tertiary/aromatic N) is 4. The molecule has 0 radical (unpaired) electrons. The number of nitrogens with one attached hydrogen (secondary N) is 1. The predicted octanol–water partition coefficient (Wildman–Crippen LogP) is 2.18. The highest BCUT2D eigenvalue weighted by molar-refractivity contribution is 9.10. The standard InChI is InChI=1S/C10H6BrN5/c11-7-3-8-9(6-1-2-13-14-4-6)15-16-10(8)12-5-7/h1-5H,(H,12,15,16). The van der Waals surface area contributed by atoms with Gasteiger partial charge in [0.1, 0.15) is 5.69 Å². The molecule has 6 heteroatoms. The molecular weight excluding hydrogens is 270 g/mol. The average molecular weight is 276 g/mol. The van der Waals surface area contributed by atoms with Crippen LogP contribution in [0, 0.1) is 0 Å². The highest BCUT2D eigenvalue weighted by atomic mass is 79.9. The predicted molar refractivity (Wildman–Crippen MR) is 62.6 cm³/mol. The van der Waals surface area contributed by atoms with Crippen molar-refractivity contribution in [3.63, 3.8) is 0 Å². The molecule has 16 heavy (non-hydrogen) atoms. The topological polar surface area (TPSA) is 67.3 Å². The maximum absolute atomic E-state index is 4.23. The van der Waals surface area contributed by atoms with E-state index in [0.717, 1.165) is 26.8 Å². The van der Waals surface area contributed by atoms with Crippen LogP contribution in [0.1, 0.15) is 0 Å². The summed E-state index contributed by atoms with van der Waals surface area (Å²) < 4.78 is 0.921. The maximum Gasteiger partial charge on any atom is 0.155 e. The van der Waals surface area contributed by atoms with Crippen molar-refractivity contribution in [1.82, 2.24) is 25.4 Å². The van der Waals surface area contributed by atoms with E-state index in [-0.39, 0.29) is 0 Å². The summed E-state index contributed by atoms with van der Waals surface area (Å²) in [5, 5.41) is 15.6. The van der Waals surface area contributed by atoms with Crippen LogP contribution in [0.4, 0.5) is 0 Å². The third-order valence-electron chi connectivity index (χ3n) is 2.24. The highest BCUT2D eigenvalue weighted by Crippen LogP contribution is 2.26. The van der Waals surface area contributed by atoms with Gasteiger partial charge in [0.25, 0.3) is 0 Å². The highest BCUT2D eigenvalue weighted by Gasteiger charge is 2.09. The van der Waals surface area contributed by atoms with Gasteiger partial charge in [0.05, 0.1) is 12.4 Å². The summed E-state index contributed by atoms with van der Waals surface area (Å²) >= 11 is 3.39. The second-order valence-electron chi connectivity index (χ2n) is 3.25. The van der Waals surface area contributed by atoms with Gasteiger partial charge in [-0.1, -0.05) is 0 Å². The molecule has 0 amide bonds. The molecule has 0 bridgehead atoms. The quantitative estimate of drug-likeness (QED) is 0.739. The van der Waals surface area contributed by atoms with Crippen molar-refractivity contribution in [3.8, 4) is 11.3 Å². The molecule has 3 aromatic rings. The number of rotatable bonds is 1. The molecule has 0 saturated heterocycles. The number of aromatic amines is 1. The number of hydrogen-bond acceptors (Lipinski definition) is 4. The lowest BCUT2D eigenvalue weighted by atomic mass is 10.1. The van der Waals surface area contributed by atoms with Gasteiger partial charge < -0.3 is 0 Å². The van der Waals surface area contributed by atoms with E-state index in [1.54, 1.807) is 18.6 Å². The molecule has 0 atom stereocenters. The fourth-order valence-electron chi connectivity index (χ4n) is 1.53. The molecule has 0 aliphatic rings. The van der Waals surface area contributed by atoms with Gasteiger partial charge in [-0.25, -0.2) is 4.98 Å². The van der Waals surface area contributed by atoms with E-state index in [9.17, 15) is 0 Å². The van der Waals surface area contributed by atoms with Crippen molar-refractivity contribution in [3.05, 3.63) is 35.2 Å². The Morgan fingerprint density at radius 1 is 1.19 bits per heavy atom. The van der Waals surface area contributed by atoms with Crippen LogP contribution in [0.5, 0.6) is 0 Å². The Bertz CT molecular complexity index is 634. The lowest BCUT2D eigenvalue weighted by Gasteiger charge is -1.95. The number of aromatic nitrogens is 5. The summed E-state index contributed by atoms with van der Waals surface area (Å²) in [7, 11) is 0. The first-order valence-corrected chi connectivity index (χ1v) is 5.40. The first kappa shape index (κ1) is 9.41. The van der Waals surface area contributed by atoms with Gasteiger partial charge in [0, 0.05) is 21.6 Å². The van der Waals surface area contributed by atoms with E-state index in [0.29, 0.717) is 0 Å². The summed E-state index contributed by atoms with van der Waals surface area (Å²) in [4.78, 5) is 4.23. The number of pyridine rings is 1. The zero-order valence-corrected chi connectivity index (χ0v) is 9.64. The van der Waals surface area contributed by atoms with Crippen LogP contribution >= 0.6 is 15.9 Å². The van der Waals surface area contributed by atoms with Gasteiger partial charge in [-0.2, -0.15) is 15.3 Å². The molecule has 0 aliphatic carbocycles. The van der Waals surface area contributed by atoms with Crippen molar-refractivity contribution in [1.29, 1.82) is 0 Å². The van der Waals surface area contributed by atoms with E-state index in [1.165, 1.54) is 0 Å². The van der Waals surface area contributed by atoms with E-state index in [4.69, 9.17) is 0 Å². The van der Waals surface area contributed by atoms with Gasteiger partial charge in [0.2, 0.25) is 0 Å². The summed E-state index contributed by atoms with van der Waals surface area (Å²) in [6.07, 6.45) is 5.05. The van der Waals surface area contributed by atoms with Crippen LogP contribution < -0.4 is 0 Å². The molecule has 0 aliphatic heterocycles. The normalized spacial score (nSPS) is 10.8. The molecular formula is C10H6BrN5. The maximum atomic E-state index is 4.23. The minimum absolute atomic E-state index is 0.759. The Labute approximate surface area is 99.1 Å². The molecule has 5 nitrogen and oxygen atoms in total. The van der Waals surface area contributed by atoms with Crippen LogP contribution in [0.2, 0.25) is 0 Å². The van der Waals surface area contributed by atoms with Crippen molar-refractivity contribution in [2.75, 3.05) is 0 Å². The molecule has 3 aromatic heterocycles. The summed E-state index contributed by atoms with van der Waals surface area (Å²) in [5.74, 6) is 0. The monoisotopic (exact) mass is 275 g/mol. The number of H-pyrrole nitrogens is 1. The lowest BCUT2D eigenvalue weighted by Crippen LogP contribution is -1.83. The minimum Gasteiger partial charge on any atom is -0.260 e. The molecule has 3 heterocycles. The Morgan fingerprint density at radius 3 is 2.94 bits per heavy atom. The van der Waals surface area contributed by atoms with Crippen molar-refractivity contribution in [2.24, 2.45) is 0 Å². The third kappa shape index (κ3) is 1.47. The fraction of sp³-hybridized carbons (Fsp3) is 0. The van der Waals surface area contributed by atoms with Gasteiger partial charge in [-0.3, -0.25) is 5.10 Å². The molecule has 0 aromatic carbocycles. The Kier molecular flexibility index (Phi) is 2.14. The first-order chi connectivity index (χ1) is 7.84. The van der Waals surface area contributed by atoms with Crippen LogP contribution in [0.15, 0.2) is 35.2 Å². The SMILES string of the molecule is Brc1cnc2[nH]nc(-c3ccnnc3)c2c1. The number of halogens is 1. The van der Waals surface area contributed by atoms with Crippen LogP contribution in [-0.2, 0) is 0 Å². The van der Waals surface area contributed by atoms with Crippen LogP contribution in [0.3, 0.4) is 0 Å². The zero-order valence-electron chi connectivity index (χ0n) is 8.05. The van der Waals surface area contributed by atoms with Crippen LogP contribution in [-0.4, -0.2) is 25.4 Å². The lowest BCUT2D eigenvalue weighted by molar-refractivity contribution is 1.03. The van der Waals surface area contributed by atoms with Gasteiger partial charge >= 0.3 is 0 Å². The van der Waals surface area contributed by atoms with Crippen LogP contribution in [0.25, 0.3) is 22.3 Å². The smallest absolute Gasteiger partial charge is 0.155 e. The molecule has 1 N–H and O–H groups in total. The van der Waals surface area contributed by atoms with Crippen molar-refractivity contribution < 1.29 is 0 Å². The number of fused-ring (bicyclic) bond motifs is 1. The summed E-state index contributed by atoms with van der Waals surface area (Å²) in [5.41, 5.74) is 2.51. The number of hydrogen-bond donors (Lipinski definition) is 1. The van der Waals surface area contributed by atoms with Crippen molar-refractivity contribution >= 4 is 27.0 Å². The van der Waals surface area contributed by atoms with Gasteiger partial charge in [-0.15, -0.1) is 0 Å². The van der Waals surface area contributed by atoms with E-state index in [2.05, 4.69) is 41.3 Å². The average Bonchev–Trinajstić information content (AvgIpc) is 2.73. The third-order valence-corrected chi connectivity index (χ3v) is 2.67. The Hall–Kier alpha value is -1.82. The fourth-order valence-corrected chi connectivity index (χ4v) is 1.86. The molecule has 0 spiro atoms. The van der Waals surface area contributed by atoms with E-state index in [1.807, 2.05) is 12.1 Å². The Morgan fingerprint density at radius 2 is 2.12 bits per heavy atom.